The number of carbonyl (C=O) groups is 1. The molecule has 3 nitrogen and oxygen atoms in total. The molecular formula is C23H39NO2. The lowest BCUT2D eigenvalue weighted by molar-refractivity contribution is -0.235. The van der Waals surface area contributed by atoms with E-state index in [0.717, 1.165) is 25.8 Å². The average Bonchev–Trinajstić information content (AvgIpc) is 2.61. The van der Waals surface area contributed by atoms with Crippen LogP contribution < -0.4 is 5.73 Å². The van der Waals surface area contributed by atoms with Gasteiger partial charge >= 0.3 is 5.97 Å². The highest BCUT2D eigenvalue weighted by Crippen LogP contribution is 2.75. The highest BCUT2D eigenvalue weighted by atomic mass is 16.4. The molecule has 0 aromatic rings. The quantitative estimate of drug-likeness (QED) is 0.736. The van der Waals surface area contributed by atoms with E-state index < -0.39 is 11.4 Å². The van der Waals surface area contributed by atoms with Crippen LogP contribution >= 0.6 is 0 Å². The topological polar surface area (TPSA) is 63.3 Å². The molecule has 5 rings (SSSR count). The maximum absolute atomic E-state index is 12.3. The molecule has 26 heavy (non-hydrogen) atoms. The molecule has 1 spiro atoms. The first kappa shape index (κ1) is 18.8. The summed E-state index contributed by atoms with van der Waals surface area (Å²) in [5, 5.41) is 10.1. The highest BCUT2D eigenvalue weighted by molar-refractivity contribution is 5.75. The molecule has 7 atom stereocenters. The van der Waals surface area contributed by atoms with E-state index in [-0.39, 0.29) is 5.41 Å². The lowest BCUT2D eigenvalue weighted by Gasteiger charge is -2.72. The Morgan fingerprint density at radius 2 is 1.81 bits per heavy atom. The summed E-state index contributed by atoms with van der Waals surface area (Å²) in [6.07, 6.45) is 10.8. The zero-order chi connectivity index (χ0) is 19.0. The van der Waals surface area contributed by atoms with Gasteiger partial charge in [0.1, 0.15) is 0 Å². The Labute approximate surface area is 159 Å². The molecule has 0 aromatic carbocycles. The third-order valence-electron chi connectivity index (χ3n) is 10.5. The normalized spacial score (nSPS) is 53.2. The van der Waals surface area contributed by atoms with Crippen LogP contribution in [0.1, 0.15) is 85.5 Å². The van der Waals surface area contributed by atoms with E-state index in [1.807, 2.05) is 0 Å². The summed E-state index contributed by atoms with van der Waals surface area (Å²) in [6.45, 7) is 10.2. The smallest absolute Gasteiger partial charge is 0.309 e. The fraction of sp³-hybridized carbons (Fsp3) is 0.957. The number of aliphatic carboxylic acids is 1. The van der Waals surface area contributed by atoms with Crippen LogP contribution in [0.15, 0.2) is 0 Å². The lowest BCUT2D eigenvalue weighted by atomic mass is 9.32. The first-order valence-electron chi connectivity index (χ1n) is 11.1. The summed E-state index contributed by atoms with van der Waals surface area (Å²) in [5.74, 6) is 1.80. The van der Waals surface area contributed by atoms with Crippen molar-refractivity contribution in [3.63, 3.8) is 0 Å². The van der Waals surface area contributed by atoms with Gasteiger partial charge in [0.15, 0.2) is 0 Å². The Hall–Kier alpha value is -0.570. The van der Waals surface area contributed by atoms with Crippen LogP contribution in [0, 0.1) is 45.3 Å². The first-order chi connectivity index (χ1) is 12.1. The Morgan fingerprint density at radius 1 is 1.08 bits per heavy atom. The second-order valence-electron chi connectivity index (χ2n) is 11.3. The number of carboxylic acids is 1. The highest BCUT2D eigenvalue weighted by Gasteiger charge is 2.69. The average molecular weight is 362 g/mol. The van der Waals surface area contributed by atoms with Crippen LogP contribution in [0.5, 0.6) is 0 Å². The van der Waals surface area contributed by atoms with Gasteiger partial charge in [0, 0.05) is 0 Å². The van der Waals surface area contributed by atoms with Crippen molar-refractivity contribution in [3.05, 3.63) is 0 Å². The van der Waals surface area contributed by atoms with Gasteiger partial charge in [-0.1, -0.05) is 27.2 Å². The molecule has 5 saturated carbocycles. The van der Waals surface area contributed by atoms with Crippen molar-refractivity contribution in [3.8, 4) is 0 Å². The number of carboxylic acid groups (broad SMARTS) is 1. The molecule has 0 heterocycles. The number of hydrogen-bond donors (Lipinski definition) is 2. The number of fused-ring (bicyclic) bond motifs is 3. The van der Waals surface area contributed by atoms with Gasteiger partial charge < -0.3 is 10.8 Å². The fourth-order valence-corrected chi connectivity index (χ4v) is 8.85. The van der Waals surface area contributed by atoms with Crippen molar-refractivity contribution in [2.24, 2.45) is 51.1 Å². The molecule has 0 aromatic heterocycles. The molecule has 148 valence electrons. The molecule has 5 aliphatic rings. The van der Waals surface area contributed by atoms with Crippen molar-refractivity contribution in [1.29, 1.82) is 0 Å². The van der Waals surface area contributed by atoms with Crippen LogP contribution in [0.25, 0.3) is 0 Å². The molecule has 3 N–H and O–H groups in total. The van der Waals surface area contributed by atoms with Crippen LogP contribution in [0.4, 0.5) is 0 Å². The van der Waals surface area contributed by atoms with E-state index in [0.29, 0.717) is 34.5 Å². The second-order valence-corrected chi connectivity index (χ2v) is 11.3. The van der Waals surface area contributed by atoms with Crippen LogP contribution in [0.3, 0.4) is 0 Å². The van der Waals surface area contributed by atoms with Gasteiger partial charge in [-0.2, -0.15) is 0 Å². The third kappa shape index (κ3) is 2.13. The van der Waals surface area contributed by atoms with Gasteiger partial charge in [-0.05, 0) is 105 Å². The van der Waals surface area contributed by atoms with Crippen molar-refractivity contribution in [2.75, 3.05) is 6.54 Å². The van der Waals surface area contributed by atoms with Crippen LogP contribution in [-0.2, 0) is 4.79 Å². The number of hydrogen-bond acceptors (Lipinski definition) is 2. The minimum absolute atomic E-state index is 0.179. The molecule has 3 heteroatoms. The fourth-order valence-electron chi connectivity index (χ4n) is 8.85. The standard InChI is InChI=1S/C23H39NO2/c1-15(2)22-10-11-23(16(12-22)14-24)9-6-17-20(3,18(23)13-22)7-5-8-21(17,4)19(25)26/h15-18H,5-14,24H2,1-4H3,(H,25,26)/t16-,17+,18-,20-,21+,22-,23-/m0/s1. The summed E-state index contributed by atoms with van der Waals surface area (Å²) in [7, 11) is 0. The van der Waals surface area contributed by atoms with Gasteiger partial charge in [0.2, 0.25) is 0 Å². The number of nitrogens with two attached hydrogens (primary N) is 1. The molecule has 0 amide bonds. The first-order valence-corrected chi connectivity index (χ1v) is 11.1. The van der Waals surface area contributed by atoms with Crippen molar-refractivity contribution in [2.45, 2.75) is 85.5 Å². The molecule has 5 aliphatic carbocycles. The van der Waals surface area contributed by atoms with Crippen molar-refractivity contribution >= 4 is 5.97 Å². The van der Waals surface area contributed by atoms with Gasteiger partial charge in [-0.15, -0.1) is 0 Å². The van der Waals surface area contributed by atoms with Gasteiger partial charge in [-0.25, -0.2) is 0 Å². The summed E-state index contributed by atoms with van der Waals surface area (Å²) in [6, 6.07) is 0. The zero-order valence-corrected chi connectivity index (χ0v) is 17.3. The zero-order valence-electron chi connectivity index (χ0n) is 17.3. The molecule has 0 aliphatic heterocycles. The maximum atomic E-state index is 12.3. The van der Waals surface area contributed by atoms with E-state index >= 15 is 0 Å². The van der Waals surface area contributed by atoms with E-state index in [1.165, 1.54) is 38.5 Å². The SMILES string of the molecule is CC(C)[C@]12CC[C@@]3(CC[C@@H]4[C@](C)(CCC[C@@]4(C)C(=O)O)[C@@H]3C1)[C@H](CN)C2. The van der Waals surface area contributed by atoms with Crippen LogP contribution in [0.2, 0.25) is 0 Å². The minimum Gasteiger partial charge on any atom is -0.481 e. The Balaban J connectivity index is 1.79. The largest absolute Gasteiger partial charge is 0.481 e. The lowest BCUT2D eigenvalue weighted by Crippen LogP contribution is -2.66. The third-order valence-corrected chi connectivity index (χ3v) is 10.5. The van der Waals surface area contributed by atoms with Gasteiger partial charge in [-0.3, -0.25) is 4.79 Å². The summed E-state index contributed by atoms with van der Waals surface area (Å²) in [5.41, 5.74) is 6.85. The maximum Gasteiger partial charge on any atom is 0.309 e. The van der Waals surface area contributed by atoms with Crippen molar-refractivity contribution in [1.82, 2.24) is 0 Å². The molecule has 0 radical (unpaired) electrons. The molecular weight excluding hydrogens is 322 g/mol. The van der Waals surface area contributed by atoms with E-state index in [4.69, 9.17) is 5.73 Å². The predicted octanol–water partition coefficient (Wildman–Crippen LogP) is 5.09. The summed E-state index contributed by atoms with van der Waals surface area (Å²) < 4.78 is 0. The minimum atomic E-state index is -0.556. The Morgan fingerprint density at radius 3 is 2.42 bits per heavy atom. The Kier molecular flexibility index (Phi) is 4.13. The second kappa shape index (κ2) is 5.72. The monoisotopic (exact) mass is 361 g/mol. The molecule has 5 fully saturated rings. The van der Waals surface area contributed by atoms with Gasteiger partial charge in [0.25, 0.3) is 0 Å². The van der Waals surface area contributed by atoms with Crippen LogP contribution in [-0.4, -0.2) is 17.6 Å². The predicted molar refractivity (Wildman–Crippen MR) is 105 cm³/mol. The van der Waals surface area contributed by atoms with Gasteiger partial charge in [0.05, 0.1) is 5.41 Å². The van der Waals surface area contributed by atoms with Crippen molar-refractivity contribution < 1.29 is 9.90 Å². The summed E-state index contributed by atoms with van der Waals surface area (Å²) in [4.78, 5) is 12.3. The summed E-state index contributed by atoms with van der Waals surface area (Å²) >= 11 is 0. The van der Waals surface area contributed by atoms with E-state index in [1.54, 1.807) is 0 Å². The molecule has 0 unspecified atom stereocenters. The molecule has 2 bridgehead atoms. The van der Waals surface area contributed by atoms with E-state index in [9.17, 15) is 9.90 Å². The Bertz CT molecular complexity index is 603. The van der Waals surface area contributed by atoms with E-state index in [2.05, 4.69) is 27.7 Å². The molecule has 0 saturated heterocycles. The number of rotatable bonds is 3.